The Morgan fingerprint density at radius 2 is 2.04 bits per heavy atom. The molecule has 0 bridgehead atoms. The molecule has 1 amide bonds. The largest absolute Gasteiger partial charge is 0.444 e. The van der Waals surface area contributed by atoms with Crippen molar-refractivity contribution in [3.63, 3.8) is 0 Å². The first-order valence-corrected chi connectivity index (χ1v) is 8.62. The zero-order valence-corrected chi connectivity index (χ0v) is 14.8. The van der Waals surface area contributed by atoms with Gasteiger partial charge in [-0.15, -0.1) is 11.3 Å². The topological polar surface area (TPSA) is 51.2 Å². The second-order valence-corrected chi connectivity index (χ2v) is 7.73. The molecule has 0 saturated carbocycles. The highest BCUT2D eigenvalue weighted by Crippen LogP contribution is 2.30. The summed E-state index contributed by atoms with van der Waals surface area (Å²) in [6.07, 6.45) is 3.24. The van der Waals surface area contributed by atoms with Crippen LogP contribution in [0.25, 0.3) is 21.2 Å². The van der Waals surface area contributed by atoms with Crippen molar-refractivity contribution >= 4 is 27.5 Å². The van der Waals surface area contributed by atoms with Gasteiger partial charge in [-0.25, -0.2) is 4.79 Å². The lowest BCUT2D eigenvalue weighted by Gasteiger charge is -2.19. The van der Waals surface area contributed by atoms with E-state index in [1.807, 2.05) is 39.1 Å². The molecule has 2 heterocycles. The average molecular weight is 340 g/mol. The van der Waals surface area contributed by atoms with Gasteiger partial charge in [-0.05, 0) is 56.0 Å². The first-order chi connectivity index (χ1) is 11.4. The van der Waals surface area contributed by atoms with E-state index in [9.17, 15) is 4.79 Å². The Morgan fingerprint density at radius 3 is 2.75 bits per heavy atom. The van der Waals surface area contributed by atoms with Crippen LogP contribution in [0.1, 0.15) is 25.6 Å². The second kappa shape index (κ2) is 6.61. The molecule has 0 spiro atoms. The zero-order chi connectivity index (χ0) is 17.2. The van der Waals surface area contributed by atoms with Gasteiger partial charge < -0.3 is 10.1 Å². The molecule has 24 heavy (non-hydrogen) atoms. The SMILES string of the molecule is CC(C)(C)OC(=O)NCc1cc2cc(-c3cccnc3)ccc2s1. The molecule has 0 fully saturated rings. The van der Waals surface area contributed by atoms with Crippen LogP contribution in [-0.4, -0.2) is 16.7 Å². The minimum Gasteiger partial charge on any atom is -0.444 e. The van der Waals surface area contributed by atoms with Gasteiger partial charge >= 0.3 is 6.09 Å². The molecule has 1 aromatic carbocycles. The first-order valence-electron chi connectivity index (χ1n) is 7.80. The van der Waals surface area contributed by atoms with Crippen LogP contribution in [0.15, 0.2) is 48.8 Å². The zero-order valence-electron chi connectivity index (χ0n) is 14.0. The highest BCUT2D eigenvalue weighted by molar-refractivity contribution is 7.19. The van der Waals surface area contributed by atoms with Gasteiger partial charge in [0.25, 0.3) is 0 Å². The molecule has 2 aromatic heterocycles. The third-order valence-electron chi connectivity index (χ3n) is 3.37. The van der Waals surface area contributed by atoms with Crippen molar-refractivity contribution in [1.82, 2.24) is 10.3 Å². The molecule has 5 heteroatoms. The number of carbonyl (C=O) groups excluding carboxylic acids is 1. The standard InChI is InChI=1S/C19H20N2O2S/c1-19(2,3)23-18(22)21-12-16-10-15-9-13(6-7-17(15)24-16)14-5-4-8-20-11-14/h4-11H,12H2,1-3H3,(H,21,22). The number of thiophene rings is 1. The summed E-state index contributed by atoms with van der Waals surface area (Å²) in [6, 6.07) is 12.5. The molecular formula is C19H20N2O2S. The minimum atomic E-state index is -0.483. The summed E-state index contributed by atoms with van der Waals surface area (Å²) in [7, 11) is 0. The second-order valence-electron chi connectivity index (χ2n) is 6.56. The van der Waals surface area contributed by atoms with Crippen LogP contribution in [0.3, 0.4) is 0 Å². The van der Waals surface area contributed by atoms with Crippen LogP contribution >= 0.6 is 11.3 Å². The lowest BCUT2D eigenvalue weighted by atomic mass is 10.1. The number of rotatable bonds is 3. The van der Waals surface area contributed by atoms with Crippen molar-refractivity contribution < 1.29 is 9.53 Å². The Kier molecular flexibility index (Phi) is 4.53. The Bertz CT molecular complexity index is 851. The third-order valence-corrected chi connectivity index (χ3v) is 4.48. The van der Waals surface area contributed by atoms with Crippen molar-refractivity contribution in [3.8, 4) is 11.1 Å². The van der Waals surface area contributed by atoms with Gasteiger partial charge in [-0.3, -0.25) is 4.98 Å². The number of nitrogens with zero attached hydrogens (tertiary/aromatic N) is 1. The predicted molar refractivity (Wildman–Crippen MR) is 98.1 cm³/mol. The molecule has 0 atom stereocenters. The number of carbonyl (C=O) groups is 1. The predicted octanol–water partition coefficient (Wildman–Crippen LogP) is 4.99. The van der Waals surface area contributed by atoms with Crippen molar-refractivity contribution in [1.29, 1.82) is 0 Å². The van der Waals surface area contributed by atoms with Crippen LogP contribution in [0, 0.1) is 0 Å². The summed E-state index contributed by atoms with van der Waals surface area (Å²) in [6.45, 7) is 6.03. The number of ether oxygens (including phenoxy) is 1. The highest BCUT2D eigenvalue weighted by atomic mass is 32.1. The number of benzene rings is 1. The van der Waals surface area contributed by atoms with Gasteiger partial charge in [0.15, 0.2) is 0 Å². The molecule has 3 aromatic rings. The van der Waals surface area contributed by atoms with Crippen molar-refractivity contribution in [2.75, 3.05) is 0 Å². The Balaban J connectivity index is 1.73. The van der Waals surface area contributed by atoms with E-state index in [4.69, 9.17) is 4.74 Å². The van der Waals surface area contributed by atoms with Gasteiger partial charge in [0, 0.05) is 27.5 Å². The molecule has 0 aliphatic carbocycles. The normalized spacial score (nSPS) is 11.5. The summed E-state index contributed by atoms with van der Waals surface area (Å²) >= 11 is 1.68. The molecule has 3 rings (SSSR count). The van der Waals surface area contributed by atoms with E-state index in [2.05, 4.69) is 34.6 Å². The number of fused-ring (bicyclic) bond motifs is 1. The number of amides is 1. The van der Waals surface area contributed by atoms with Crippen LogP contribution in [-0.2, 0) is 11.3 Å². The fourth-order valence-corrected chi connectivity index (χ4v) is 3.36. The van der Waals surface area contributed by atoms with E-state index in [-0.39, 0.29) is 0 Å². The molecule has 1 N–H and O–H groups in total. The van der Waals surface area contributed by atoms with E-state index in [1.165, 1.54) is 10.1 Å². The lowest BCUT2D eigenvalue weighted by Crippen LogP contribution is -2.31. The fraction of sp³-hybridized carbons (Fsp3) is 0.263. The molecule has 0 aliphatic heterocycles. The van der Waals surface area contributed by atoms with Crippen LogP contribution in [0.2, 0.25) is 0 Å². The number of nitrogens with one attached hydrogen (secondary N) is 1. The molecular weight excluding hydrogens is 320 g/mol. The molecule has 0 aliphatic rings. The van der Waals surface area contributed by atoms with Crippen LogP contribution in [0.4, 0.5) is 4.79 Å². The van der Waals surface area contributed by atoms with E-state index in [0.29, 0.717) is 6.54 Å². The molecule has 0 unspecified atom stereocenters. The van der Waals surface area contributed by atoms with Gasteiger partial charge in [0.05, 0.1) is 6.54 Å². The van der Waals surface area contributed by atoms with E-state index < -0.39 is 11.7 Å². The minimum absolute atomic E-state index is 0.393. The lowest BCUT2D eigenvalue weighted by molar-refractivity contribution is 0.0524. The maximum absolute atomic E-state index is 11.8. The highest BCUT2D eigenvalue weighted by Gasteiger charge is 2.16. The van der Waals surface area contributed by atoms with Gasteiger partial charge in [-0.2, -0.15) is 0 Å². The van der Waals surface area contributed by atoms with Gasteiger partial charge in [0.2, 0.25) is 0 Å². The number of alkyl carbamates (subject to hydrolysis) is 1. The van der Waals surface area contributed by atoms with E-state index >= 15 is 0 Å². The van der Waals surface area contributed by atoms with E-state index in [0.717, 1.165) is 16.0 Å². The summed E-state index contributed by atoms with van der Waals surface area (Å²) in [5.41, 5.74) is 1.75. The van der Waals surface area contributed by atoms with Gasteiger partial charge in [0.1, 0.15) is 5.60 Å². The summed E-state index contributed by atoms with van der Waals surface area (Å²) in [4.78, 5) is 17.0. The monoisotopic (exact) mass is 340 g/mol. The summed E-state index contributed by atoms with van der Waals surface area (Å²) < 4.78 is 6.46. The third kappa shape index (κ3) is 4.11. The Morgan fingerprint density at radius 1 is 1.21 bits per heavy atom. The summed E-state index contributed by atoms with van der Waals surface area (Å²) in [5, 5.41) is 3.97. The van der Waals surface area contributed by atoms with Crippen molar-refractivity contribution in [3.05, 3.63) is 53.7 Å². The van der Waals surface area contributed by atoms with Crippen LogP contribution < -0.4 is 5.32 Å². The smallest absolute Gasteiger partial charge is 0.407 e. The number of hydrogen-bond acceptors (Lipinski definition) is 4. The van der Waals surface area contributed by atoms with Crippen molar-refractivity contribution in [2.24, 2.45) is 0 Å². The van der Waals surface area contributed by atoms with Gasteiger partial charge in [-0.1, -0.05) is 12.1 Å². The number of hydrogen-bond donors (Lipinski definition) is 1. The molecule has 0 saturated heterocycles. The number of pyridine rings is 1. The Hall–Kier alpha value is -2.40. The first kappa shape index (κ1) is 16.5. The average Bonchev–Trinajstić information content (AvgIpc) is 2.94. The number of aromatic nitrogens is 1. The quantitative estimate of drug-likeness (QED) is 0.731. The maximum atomic E-state index is 11.8. The summed E-state index contributed by atoms with van der Waals surface area (Å²) in [5.74, 6) is 0. The molecule has 0 radical (unpaired) electrons. The molecule has 124 valence electrons. The fourth-order valence-electron chi connectivity index (χ4n) is 2.37. The van der Waals surface area contributed by atoms with E-state index in [1.54, 1.807) is 17.5 Å². The molecule has 4 nitrogen and oxygen atoms in total. The maximum Gasteiger partial charge on any atom is 0.407 e. The Labute approximate surface area is 145 Å². The van der Waals surface area contributed by atoms with Crippen LogP contribution in [0.5, 0.6) is 0 Å². The van der Waals surface area contributed by atoms with Crippen molar-refractivity contribution in [2.45, 2.75) is 32.9 Å².